The zero-order valence-electron chi connectivity index (χ0n) is 19.3. The molecule has 0 saturated carbocycles. The summed E-state index contributed by atoms with van der Waals surface area (Å²) in [6.07, 6.45) is 9.00. The smallest absolute Gasteiger partial charge is 0.180 e. The number of nitrogens with two attached hydrogens (primary N) is 1. The number of piperazine rings is 1. The van der Waals surface area contributed by atoms with E-state index >= 15 is 0 Å². The first kappa shape index (κ1) is 22.7. The Bertz CT molecular complexity index is 1260. The average Bonchev–Trinajstić information content (AvgIpc) is 3.29. The van der Waals surface area contributed by atoms with Crippen LogP contribution < -0.4 is 10.6 Å². The molecule has 1 atom stereocenters. The molecule has 0 aliphatic carbocycles. The van der Waals surface area contributed by atoms with Gasteiger partial charge >= 0.3 is 0 Å². The van der Waals surface area contributed by atoms with E-state index in [2.05, 4.69) is 37.3 Å². The molecule has 1 unspecified atom stereocenters. The number of imidazole rings is 1. The molecule has 4 aromatic rings. The van der Waals surface area contributed by atoms with Crippen molar-refractivity contribution < 1.29 is 0 Å². The van der Waals surface area contributed by atoms with Crippen LogP contribution in [0.1, 0.15) is 23.7 Å². The third-order valence-electron chi connectivity index (χ3n) is 6.44. The molecule has 8 nitrogen and oxygen atoms in total. The Kier molecular flexibility index (Phi) is 6.71. The molecular formula is C25H29ClN8. The van der Waals surface area contributed by atoms with Crippen molar-refractivity contribution in [1.29, 1.82) is 0 Å². The summed E-state index contributed by atoms with van der Waals surface area (Å²) in [5, 5.41) is 0.727. The van der Waals surface area contributed by atoms with Crippen LogP contribution in [0.5, 0.6) is 0 Å². The van der Waals surface area contributed by atoms with Crippen LogP contribution >= 0.6 is 11.6 Å². The molecule has 1 aliphatic heterocycles. The molecule has 0 bridgehead atoms. The van der Waals surface area contributed by atoms with Gasteiger partial charge in [0, 0.05) is 56.2 Å². The number of fused-ring (bicyclic) bond motifs is 1. The molecule has 3 aromatic heterocycles. The number of hydrogen-bond donors (Lipinski definition) is 1. The Morgan fingerprint density at radius 1 is 1.06 bits per heavy atom. The van der Waals surface area contributed by atoms with Gasteiger partial charge in [0.05, 0.1) is 17.6 Å². The van der Waals surface area contributed by atoms with Crippen LogP contribution in [0.2, 0.25) is 5.02 Å². The van der Waals surface area contributed by atoms with Crippen LogP contribution in [0, 0.1) is 0 Å². The van der Waals surface area contributed by atoms with Crippen molar-refractivity contribution in [2.45, 2.75) is 18.8 Å². The second-order valence-electron chi connectivity index (χ2n) is 8.77. The van der Waals surface area contributed by atoms with Gasteiger partial charge < -0.3 is 15.5 Å². The Morgan fingerprint density at radius 3 is 2.71 bits per heavy atom. The lowest BCUT2D eigenvalue weighted by Gasteiger charge is -2.33. The zero-order valence-corrected chi connectivity index (χ0v) is 20.1. The summed E-state index contributed by atoms with van der Waals surface area (Å²) in [4.78, 5) is 23.5. The fourth-order valence-electron chi connectivity index (χ4n) is 4.55. The molecule has 1 saturated heterocycles. The molecule has 9 heteroatoms. The minimum Gasteiger partial charge on any atom is -0.351 e. The predicted molar refractivity (Wildman–Crippen MR) is 135 cm³/mol. The number of rotatable bonds is 7. The normalized spacial score (nSPS) is 15.7. The maximum atomic E-state index is 6.23. The van der Waals surface area contributed by atoms with Crippen molar-refractivity contribution in [2.24, 2.45) is 5.73 Å². The van der Waals surface area contributed by atoms with Gasteiger partial charge in [-0.25, -0.2) is 19.9 Å². The molecule has 0 amide bonds. The van der Waals surface area contributed by atoms with Crippen LogP contribution in [-0.4, -0.2) is 69.0 Å². The summed E-state index contributed by atoms with van der Waals surface area (Å²) in [7, 11) is 2.15. The maximum Gasteiger partial charge on any atom is 0.180 e. The highest BCUT2D eigenvalue weighted by atomic mass is 35.5. The van der Waals surface area contributed by atoms with E-state index in [0.29, 0.717) is 13.0 Å². The average molecular weight is 477 g/mol. The Morgan fingerprint density at radius 2 is 1.91 bits per heavy atom. The van der Waals surface area contributed by atoms with Crippen molar-refractivity contribution >= 4 is 23.1 Å². The highest BCUT2D eigenvalue weighted by Gasteiger charge is 2.20. The van der Waals surface area contributed by atoms with Crippen LogP contribution in [0.3, 0.4) is 0 Å². The first-order chi connectivity index (χ1) is 16.6. The lowest BCUT2D eigenvalue weighted by atomic mass is 9.92. The van der Waals surface area contributed by atoms with Gasteiger partial charge in [-0.3, -0.25) is 4.40 Å². The van der Waals surface area contributed by atoms with Crippen LogP contribution in [0.25, 0.3) is 17.0 Å². The summed E-state index contributed by atoms with van der Waals surface area (Å²) in [6.45, 7) is 4.50. The van der Waals surface area contributed by atoms with E-state index in [1.54, 1.807) is 0 Å². The van der Waals surface area contributed by atoms with Crippen molar-refractivity contribution in [1.82, 2.24) is 29.2 Å². The molecule has 0 radical (unpaired) electrons. The van der Waals surface area contributed by atoms with Gasteiger partial charge in [0.2, 0.25) is 0 Å². The fraction of sp³-hybridized carbons (Fsp3) is 0.360. The largest absolute Gasteiger partial charge is 0.351 e. The van der Waals surface area contributed by atoms with Crippen molar-refractivity contribution in [3.05, 3.63) is 71.5 Å². The molecule has 34 heavy (non-hydrogen) atoms. The first-order valence-corrected chi connectivity index (χ1v) is 12.0. The van der Waals surface area contributed by atoms with Gasteiger partial charge in [0.1, 0.15) is 5.82 Å². The number of benzene rings is 1. The zero-order chi connectivity index (χ0) is 23.5. The molecule has 4 heterocycles. The monoisotopic (exact) mass is 476 g/mol. The Hall–Kier alpha value is -3.07. The molecule has 1 aromatic carbocycles. The number of likely N-dealkylation sites (N-methyl/N-ethyl adjacent to an activating group) is 1. The molecule has 2 N–H and O–H groups in total. The van der Waals surface area contributed by atoms with E-state index in [1.807, 2.05) is 49.1 Å². The molecule has 1 aliphatic rings. The minimum atomic E-state index is 0.203. The summed E-state index contributed by atoms with van der Waals surface area (Å²) in [5.41, 5.74) is 9.68. The first-order valence-electron chi connectivity index (χ1n) is 11.7. The van der Waals surface area contributed by atoms with Gasteiger partial charge in [-0.15, -0.1) is 0 Å². The highest BCUT2D eigenvalue weighted by Crippen LogP contribution is 2.27. The second-order valence-corrected chi connectivity index (χ2v) is 9.21. The van der Waals surface area contributed by atoms with Crippen molar-refractivity contribution in [3.8, 4) is 11.4 Å². The number of hydrogen-bond acceptors (Lipinski definition) is 7. The van der Waals surface area contributed by atoms with Gasteiger partial charge in [0.15, 0.2) is 11.5 Å². The SMILES string of the molecule is CN1CCN(c2nccn3c(-c4ccnc(CC(CCN)c5cccc(Cl)c5)n4)cnc23)CC1. The van der Waals surface area contributed by atoms with Crippen molar-refractivity contribution in [3.63, 3.8) is 0 Å². The topological polar surface area (TPSA) is 88.5 Å². The van der Waals surface area contributed by atoms with Crippen LogP contribution in [0.4, 0.5) is 5.82 Å². The number of aromatic nitrogens is 5. The third-order valence-corrected chi connectivity index (χ3v) is 6.68. The van der Waals surface area contributed by atoms with E-state index in [9.17, 15) is 0 Å². The molecule has 5 rings (SSSR count). The standard InChI is InChI=1S/C25H29ClN8/c1-32-11-13-33(14-12-32)24-25-30-17-22(34(25)10-9-29-24)21-6-8-28-23(31-21)16-19(5-7-27)18-3-2-4-20(26)15-18/h2-4,6,8-10,15,17,19H,5,7,11-14,16,27H2,1H3. The van der Waals surface area contributed by atoms with Crippen molar-refractivity contribution in [2.75, 3.05) is 44.7 Å². The number of nitrogens with zero attached hydrogens (tertiary/aromatic N) is 7. The molecule has 1 fully saturated rings. The highest BCUT2D eigenvalue weighted by molar-refractivity contribution is 6.30. The lowest BCUT2D eigenvalue weighted by Crippen LogP contribution is -2.45. The summed E-state index contributed by atoms with van der Waals surface area (Å²) in [5.74, 6) is 1.90. The molecule has 176 valence electrons. The van der Waals surface area contributed by atoms with E-state index in [-0.39, 0.29) is 5.92 Å². The van der Waals surface area contributed by atoms with E-state index in [4.69, 9.17) is 27.3 Å². The van der Waals surface area contributed by atoms with Gasteiger partial charge in [-0.2, -0.15) is 0 Å². The van der Waals surface area contributed by atoms with Gasteiger partial charge in [0.25, 0.3) is 0 Å². The lowest BCUT2D eigenvalue weighted by molar-refractivity contribution is 0.312. The maximum absolute atomic E-state index is 6.23. The van der Waals surface area contributed by atoms with Gasteiger partial charge in [-0.1, -0.05) is 23.7 Å². The van der Waals surface area contributed by atoms with E-state index in [0.717, 1.165) is 71.9 Å². The molecule has 0 spiro atoms. The minimum absolute atomic E-state index is 0.203. The Balaban J connectivity index is 1.44. The van der Waals surface area contributed by atoms with Crippen LogP contribution in [0.15, 0.2) is 55.1 Å². The predicted octanol–water partition coefficient (Wildman–Crippen LogP) is 3.27. The van der Waals surface area contributed by atoms with Crippen LogP contribution in [-0.2, 0) is 6.42 Å². The fourth-order valence-corrected chi connectivity index (χ4v) is 4.74. The number of halogens is 1. The molecular weight excluding hydrogens is 448 g/mol. The van der Waals surface area contributed by atoms with E-state index in [1.165, 1.54) is 0 Å². The second kappa shape index (κ2) is 10.0. The van der Waals surface area contributed by atoms with E-state index < -0.39 is 0 Å². The summed E-state index contributed by atoms with van der Waals surface area (Å²) in [6, 6.07) is 9.89. The summed E-state index contributed by atoms with van der Waals surface area (Å²) < 4.78 is 2.07. The quantitative estimate of drug-likeness (QED) is 0.438. The van der Waals surface area contributed by atoms with Gasteiger partial charge in [-0.05, 0) is 49.7 Å². The number of anilines is 1. The third kappa shape index (κ3) is 4.75. The Labute approximate surface area is 204 Å². The summed E-state index contributed by atoms with van der Waals surface area (Å²) >= 11 is 6.23.